The number of anilines is 2. The standard InChI is InChI=1S/C10H12F3N3O2S/c11-10(12,13)9(4-5-9)16-6-2-1-3-7(8(6)14)19(15,17)18/h1-3,16H,4-5,14H2,(H2,15,17,18). The van der Waals surface area contributed by atoms with Gasteiger partial charge in [-0.2, -0.15) is 13.2 Å². The van der Waals surface area contributed by atoms with Crippen LogP contribution < -0.4 is 16.2 Å². The number of nitrogens with one attached hydrogen (secondary N) is 1. The summed E-state index contributed by atoms with van der Waals surface area (Å²) in [6.45, 7) is 0. The summed E-state index contributed by atoms with van der Waals surface area (Å²) in [4.78, 5) is -0.393. The summed E-state index contributed by atoms with van der Waals surface area (Å²) in [6, 6.07) is 3.71. The first-order chi connectivity index (χ1) is 8.57. The lowest BCUT2D eigenvalue weighted by atomic mass is 10.2. The van der Waals surface area contributed by atoms with E-state index in [4.69, 9.17) is 10.9 Å². The van der Waals surface area contributed by atoms with Crippen LogP contribution in [-0.2, 0) is 10.0 Å². The van der Waals surface area contributed by atoms with Gasteiger partial charge in [-0.3, -0.25) is 0 Å². The van der Waals surface area contributed by atoms with Crippen LogP contribution in [-0.4, -0.2) is 20.1 Å². The molecule has 9 heteroatoms. The Morgan fingerprint density at radius 3 is 2.26 bits per heavy atom. The average molecular weight is 295 g/mol. The second kappa shape index (κ2) is 4.01. The van der Waals surface area contributed by atoms with Gasteiger partial charge in [0.1, 0.15) is 10.4 Å². The van der Waals surface area contributed by atoms with Crippen molar-refractivity contribution in [2.24, 2.45) is 5.14 Å². The largest absolute Gasteiger partial charge is 0.411 e. The Kier molecular flexibility index (Phi) is 2.94. The van der Waals surface area contributed by atoms with Crippen LogP contribution in [0.2, 0.25) is 0 Å². The van der Waals surface area contributed by atoms with Crippen molar-refractivity contribution in [3.8, 4) is 0 Å². The van der Waals surface area contributed by atoms with Gasteiger partial charge < -0.3 is 11.1 Å². The minimum atomic E-state index is -4.42. The maximum absolute atomic E-state index is 12.8. The molecule has 0 spiro atoms. The number of primary sulfonamides is 1. The number of halogens is 3. The molecule has 0 amide bonds. The Hall–Kier alpha value is -1.48. The van der Waals surface area contributed by atoms with Crippen LogP contribution in [0.25, 0.3) is 0 Å². The molecule has 0 atom stereocenters. The monoisotopic (exact) mass is 295 g/mol. The third kappa shape index (κ3) is 2.47. The van der Waals surface area contributed by atoms with Gasteiger partial charge >= 0.3 is 6.18 Å². The molecule has 106 valence electrons. The smallest absolute Gasteiger partial charge is 0.396 e. The maximum Gasteiger partial charge on any atom is 0.411 e. The van der Waals surface area contributed by atoms with Crippen molar-refractivity contribution in [3.05, 3.63) is 18.2 Å². The van der Waals surface area contributed by atoms with Crippen LogP contribution >= 0.6 is 0 Å². The number of alkyl halides is 3. The van der Waals surface area contributed by atoms with E-state index >= 15 is 0 Å². The van der Waals surface area contributed by atoms with Crippen LogP contribution in [0.3, 0.4) is 0 Å². The minimum Gasteiger partial charge on any atom is -0.396 e. The second-order valence-corrected chi connectivity index (χ2v) is 6.00. The van der Waals surface area contributed by atoms with E-state index in [0.29, 0.717) is 0 Å². The Bertz CT molecular complexity index is 609. The summed E-state index contributed by atoms with van der Waals surface area (Å²) in [5.74, 6) is 0. The Labute approximate surface area is 107 Å². The van der Waals surface area contributed by atoms with Gasteiger partial charge in [0.05, 0.1) is 11.4 Å². The third-order valence-electron chi connectivity index (χ3n) is 3.04. The molecule has 1 aromatic rings. The Balaban J connectivity index is 2.39. The van der Waals surface area contributed by atoms with Gasteiger partial charge in [0.25, 0.3) is 0 Å². The van der Waals surface area contributed by atoms with Crippen LogP contribution in [0.1, 0.15) is 12.8 Å². The zero-order valence-electron chi connectivity index (χ0n) is 9.66. The zero-order valence-corrected chi connectivity index (χ0v) is 10.5. The molecule has 1 aliphatic rings. The van der Waals surface area contributed by atoms with Gasteiger partial charge in [-0.25, -0.2) is 13.6 Å². The normalized spacial score (nSPS) is 18.1. The van der Waals surface area contributed by atoms with Crippen LogP contribution in [0.5, 0.6) is 0 Å². The van der Waals surface area contributed by atoms with E-state index in [2.05, 4.69) is 5.32 Å². The van der Waals surface area contributed by atoms with Gasteiger partial charge in [-0.1, -0.05) is 6.07 Å². The molecule has 1 saturated carbocycles. The summed E-state index contributed by atoms with van der Waals surface area (Å²) in [5, 5.41) is 7.21. The van der Waals surface area contributed by atoms with Crippen molar-refractivity contribution in [2.45, 2.75) is 29.5 Å². The number of benzene rings is 1. The van der Waals surface area contributed by atoms with Crippen molar-refractivity contribution in [3.63, 3.8) is 0 Å². The fraction of sp³-hybridized carbons (Fsp3) is 0.400. The molecule has 1 aromatic carbocycles. The van der Waals surface area contributed by atoms with E-state index in [1.807, 2.05) is 0 Å². The van der Waals surface area contributed by atoms with Gasteiger partial charge in [0.15, 0.2) is 0 Å². The minimum absolute atomic E-state index is 0.0739. The maximum atomic E-state index is 12.8. The SMILES string of the molecule is Nc1c(NC2(C(F)(F)F)CC2)cccc1S(N)(=O)=O. The van der Waals surface area contributed by atoms with E-state index < -0.39 is 26.6 Å². The number of hydrogen-bond acceptors (Lipinski definition) is 4. The van der Waals surface area contributed by atoms with E-state index in [1.165, 1.54) is 12.1 Å². The van der Waals surface area contributed by atoms with Crippen molar-refractivity contribution < 1.29 is 21.6 Å². The molecular weight excluding hydrogens is 283 g/mol. The van der Waals surface area contributed by atoms with E-state index in [1.54, 1.807) is 0 Å². The number of nitrogens with two attached hydrogens (primary N) is 2. The van der Waals surface area contributed by atoms with E-state index in [-0.39, 0.29) is 24.2 Å². The molecule has 0 radical (unpaired) electrons. The highest BCUT2D eigenvalue weighted by atomic mass is 32.2. The highest BCUT2D eigenvalue weighted by Gasteiger charge is 2.63. The molecule has 5 N–H and O–H groups in total. The molecular formula is C10H12F3N3O2S. The highest BCUT2D eigenvalue weighted by molar-refractivity contribution is 7.89. The molecule has 1 fully saturated rings. The van der Waals surface area contributed by atoms with Gasteiger partial charge in [-0.15, -0.1) is 0 Å². The van der Waals surface area contributed by atoms with Crippen molar-refractivity contribution in [1.29, 1.82) is 0 Å². The van der Waals surface area contributed by atoms with E-state index in [0.717, 1.165) is 6.07 Å². The number of sulfonamides is 1. The lowest BCUT2D eigenvalue weighted by Crippen LogP contribution is -2.39. The molecule has 0 saturated heterocycles. The molecule has 0 bridgehead atoms. The number of rotatable bonds is 3. The first kappa shape index (κ1) is 13.9. The first-order valence-electron chi connectivity index (χ1n) is 5.33. The molecule has 19 heavy (non-hydrogen) atoms. The highest BCUT2D eigenvalue weighted by Crippen LogP contribution is 2.51. The van der Waals surface area contributed by atoms with Gasteiger partial charge in [-0.05, 0) is 25.0 Å². The average Bonchev–Trinajstić information content (AvgIpc) is 2.99. The lowest BCUT2D eigenvalue weighted by Gasteiger charge is -2.23. The van der Waals surface area contributed by atoms with Crippen LogP contribution in [0.4, 0.5) is 24.5 Å². The Morgan fingerprint density at radius 2 is 1.84 bits per heavy atom. The molecule has 0 heterocycles. The number of para-hydroxylation sites is 1. The predicted molar refractivity (Wildman–Crippen MR) is 63.9 cm³/mol. The van der Waals surface area contributed by atoms with E-state index in [9.17, 15) is 21.6 Å². The quantitative estimate of drug-likeness (QED) is 0.734. The fourth-order valence-corrected chi connectivity index (χ4v) is 2.45. The molecule has 0 aliphatic heterocycles. The van der Waals surface area contributed by atoms with Crippen molar-refractivity contribution in [1.82, 2.24) is 0 Å². The molecule has 0 aromatic heterocycles. The van der Waals surface area contributed by atoms with Crippen molar-refractivity contribution >= 4 is 21.4 Å². The van der Waals surface area contributed by atoms with Gasteiger partial charge in [0.2, 0.25) is 10.0 Å². The summed E-state index contributed by atoms with van der Waals surface area (Å²) >= 11 is 0. The van der Waals surface area contributed by atoms with Crippen molar-refractivity contribution in [2.75, 3.05) is 11.1 Å². The summed E-state index contributed by atoms with van der Waals surface area (Å²) in [5.41, 5.74) is 3.16. The van der Waals surface area contributed by atoms with Crippen LogP contribution in [0, 0.1) is 0 Å². The zero-order chi connectivity index (χ0) is 14.5. The fourth-order valence-electron chi connectivity index (χ4n) is 1.76. The summed E-state index contributed by atoms with van der Waals surface area (Å²) in [6.07, 6.45) is -4.57. The summed E-state index contributed by atoms with van der Waals surface area (Å²) < 4.78 is 60.9. The molecule has 2 rings (SSSR count). The first-order valence-corrected chi connectivity index (χ1v) is 6.88. The van der Waals surface area contributed by atoms with Gasteiger partial charge in [0, 0.05) is 0 Å². The molecule has 5 nitrogen and oxygen atoms in total. The number of nitrogen functional groups attached to an aromatic ring is 1. The Morgan fingerprint density at radius 1 is 1.26 bits per heavy atom. The van der Waals surface area contributed by atoms with Crippen LogP contribution in [0.15, 0.2) is 23.1 Å². The predicted octanol–water partition coefficient (Wildman–Crippen LogP) is 1.42. The summed E-state index contributed by atoms with van der Waals surface area (Å²) in [7, 11) is -4.07. The molecule has 0 unspecified atom stereocenters. The number of hydrogen-bond donors (Lipinski definition) is 3. The second-order valence-electron chi connectivity index (χ2n) is 4.47. The topological polar surface area (TPSA) is 98.2 Å². The lowest BCUT2D eigenvalue weighted by molar-refractivity contribution is -0.151. The third-order valence-corrected chi connectivity index (χ3v) is 4.01. The molecule has 1 aliphatic carbocycles.